The van der Waals surface area contributed by atoms with Crippen molar-refractivity contribution in [2.45, 2.75) is 50.7 Å². The summed E-state index contributed by atoms with van der Waals surface area (Å²) in [6, 6.07) is 23.6. The van der Waals surface area contributed by atoms with E-state index >= 15 is 0 Å². The summed E-state index contributed by atoms with van der Waals surface area (Å²) in [5.74, 6) is 0.0563. The second-order valence-corrected chi connectivity index (χ2v) is 14.9. The van der Waals surface area contributed by atoms with Crippen LogP contribution in [0.25, 0.3) is 21.8 Å². The van der Waals surface area contributed by atoms with Crippen molar-refractivity contribution in [2.75, 3.05) is 46.9 Å². The van der Waals surface area contributed by atoms with Crippen LogP contribution in [0.4, 0.5) is 0 Å². The molecule has 1 aliphatic rings. The summed E-state index contributed by atoms with van der Waals surface area (Å²) in [6.45, 7) is 2.63. The number of nitriles is 1. The molecule has 5 aromatic rings. The van der Waals surface area contributed by atoms with Gasteiger partial charge in [0.25, 0.3) is 11.5 Å². The highest BCUT2D eigenvalue weighted by Crippen LogP contribution is 2.28. The quantitative estimate of drug-likeness (QED) is 0.137. The highest BCUT2D eigenvalue weighted by molar-refractivity contribution is 6.35. The first kappa shape index (κ1) is 39.3. The normalized spacial score (nSPS) is 14.5. The molecule has 0 bridgehead atoms. The molecule has 0 unspecified atom stereocenters. The molecule has 3 aromatic carbocycles. The van der Waals surface area contributed by atoms with Gasteiger partial charge in [-0.1, -0.05) is 48.0 Å². The number of amides is 2. The summed E-state index contributed by atoms with van der Waals surface area (Å²) in [5, 5.41) is 25.3. The maximum atomic E-state index is 14.0. The van der Waals surface area contributed by atoms with Crippen molar-refractivity contribution in [2.24, 2.45) is 5.92 Å². The molecule has 2 N–H and O–H groups in total. The van der Waals surface area contributed by atoms with E-state index in [9.17, 15) is 24.8 Å². The van der Waals surface area contributed by atoms with Crippen LogP contribution < -0.4 is 15.6 Å². The molecular weight excluding hydrogens is 718 g/mol. The molecule has 1 aliphatic heterocycles. The van der Waals surface area contributed by atoms with E-state index in [1.165, 1.54) is 17.0 Å². The van der Waals surface area contributed by atoms with Crippen molar-refractivity contribution in [3.63, 3.8) is 0 Å². The van der Waals surface area contributed by atoms with Crippen molar-refractivity contribution in [1.29, 1.82) is 5.26 Å². The molecule has 13 heteroatoms. The van der Waals surface area contributed by atoms with Crippen molar-refractivity contribution < 1.29 is 19.4 Å². The molecule has 2 amide bonds. The predicted molar refractivity (Wildman–Crippen MR) is 212 cm³/mol. The van der Waals surface area contributed by atoms with E-state index < -0.39 is 5.60 Å². The number of carbonyl (C=O) groups is 2. The first-order valence-electron chi connectivity index (χ1n) is 18.6. The van der Waals surface area contributed by atoms with Crippen molar-refractivity contribution in [3.05, 3.63) is 111 Å². The molecular formula is C42H46ClN7O5. The number of piperidine rings is 1. The minimum atomic E-state index is -1.18. The Kier molecular flexibility index (Phi) is 12.8. The maximum absolute atomic E-state index is 14.0. The van der Waals surface area contributed by atoms with E-state index in [1.54, 1.807) is 36.4 Å². The molecule has 0 saturated carbocycles. The van der Waals surface area contributed by atoms with Crippen LogP contribution in [-0.4, -0.2) is 93.7 Å². The van der Waals surface area contributed by atoms with Crippen molar-refractivity contribution >= 4 is 45.2 Å². The molecule has 6 rings (SSSR count). The zero-order chi connectivity index (χ0) is 39.0. The number of benzene rings is 3. The maximum Gasteiger partial charge on any atom is 0.261 e. The number of hydrogen-bond donors (Lipinski definition) is 2. The summed E-state index contributed by atoms with van der Waals surface area (Å²) in [4.78, 5) is 53.1. The average Bonchev–Trinajstić information content (AvgIpc) is 3.18. The van der Waals surface area contributed by atoms with Gasteiger partial charge in [-0.05, 0) is 88.5 Å². The van der Waals surface area contributed by atoms with Crippen LogP contribution in [-0.2, 0) is 17.8 Å². The lowest BCUT2D eigenvalue weighted by Crippen LogP contribution is -2.51. The Morgan fingerprint density at radius 1 is 1.04 bits per heavy atom. The van der Waals surface area contributed by atoms with Crippen LogP contribution in [0.2, 0.25) is 5.02 Å². The number of aliphatic hydroxyl groups is 1. The van der Waals surface area contributed by atoms with Crippen molar-refractivity contribution in [3.8, 4) is 11.8 Å². The number of nitrogens with one attached hydrogen (secondary N) is 1. The summed E-state index contributed by atoms with van der Waals surface area (Å²) in [7, 11) is 4.03. The number of rotatable bonds is 15. The SMILES string of the molecule is CN(C)CCCOc1ccc2c(=O)n(CC3(O)CCN(C(=O)[C@H](CCCNC(=O)c4ccc5c(Cl)cc(C#N)nc5c4)Cc4ccccc4)CC3)cnc2c1. The minimum absolute atomic E-state index is 0.00675. The number of likely N-dealkylation sites (tertiary alicyclic amines) is 1. The Labute approximate surface area is 325 Å². The smallest absolute Gasteiger partial charge is 0.261 e. The second kappa shape index (κ2) is 17.9. The summed E-state index contributed by atoms with van der Waals surface area (Å²) in [6.07, 6.45) is 4.67. The Hall–Kier alpha value is -5.35. The second-order valence-electron chi connectivity index (χ2n) is 14.5. The Morgan fingerprint density at radius 2 is 1.80 bits per heavy atom. The molecule has 55 heavy (non-hydrogen) atoms. The van der Waals surface area contributed by atoms with E-state index in [2.05, 4.69) is 20.2 Å². The number of nitrogens with zero attached hydrogens (tertiary/aromatic N) is 6. The van der Waals surface area contributed by atoms with Gasteiger partial charge in [-0.3, -0.25) is 19.0 Å². The molecule has 1 atom stereocenters. The number of carbonyl (C=O) groups excluding carboxylic acids is 2. The highest BCUT2D eigenvalue weighted by Gasteiger charge is 2.36. The van der Waals surface area contributed by atoms with Gasteiger partial charge in [0.05, 0.1) is 46.5 Å². The van der Waals surface area contributed by atoms with Gasteiger partial charge in [-0.2, -0.15) is 5.26 Å². The van der Waals surface area contributed by atoms with Crippen LogP contribution in [0.15, 0.2) is 83.9 Å². The fourth-order valence-corrected chi connectivity index (χ4v) is 7.30. The zero-order valence-electron chi connectivity index (χ0n) is 31.2. The summed E-state index contributed by atoms with van der Waals surface area (Å²) in [5.41, 5.74) is 1.21. The van der Waals surface area contributed by atoms with E-state index in [-0.39, 0.29) is 35.5 Å². The zero-order valence-corrected chi connectivity index (χ0v) is 32.0. The van der Waals surface area contributed by atoms with E-state index in [0.717, 1.165) is 18.5 Å². The molecule has 0 spiro atoms. The predicted octanol–water partition coefficient (Wildman–Crippen LogP) is 5.22. The first-order valence-corrected chi connectivity index (χ1v) is 19.0. The minimum Gasteiger partial charge on any atom is -0.493 e. The standard InChI is InChI=1S/C42H46ClN7O5/c1-48(2)18-7-21-55-33-12-14-35-37(25-33)46-28-50(41(35)53)27-42(54)15-19-49(20-16-42)40(52)31(22-29-8-4-3-5-9-29)10-6-17-45-39(51)30-11-13-34-36(43)24-32(26-44)47-38(34)23-30/h3-5,8-9,11-14,23-25,28,31,54H,6-7,10,15-22,27H2,1-2H3,(H,45,51)/t31-/m1/s1. The number of fused-ring (bicyclic) bond motifs is 2. The third-order valence-corrected chi connectivity index (χ3v) is 10.4. The molecule has 286 valence electrons. The first-order chi connectivity index (χ1) is 26.5. The molecule has 1 fully saturated rings. The number of hydrogen-bond acceptors (Lipinski definition) is 9. The Balaban J connectivity index is 1.04. The van der Waals surface area contributed by atoms with E-state index in [1.807, 2.05) is 55.4 Å². The molecule has 12 nitrogen and oxygen atoms in total. The van der Waals surface area contributed by atoms with Gasteiger partial charge in [0.2, 0.25) is 5.91 Å². The Morgan fingerprint density at radius 3 is 2.55 bits per heavy atom. The largest absolute Gasteiger partial charge is 0.493 e. The summed E-state index contributed by atoms with van der Waals surface area (Å²) >= 11 is 6.28. The van der Waals surface area contributed by atoms with E-state index in [0.29, 0.717) is 96.5 Å². The van der Waals surface area contributed by atoms with E-state index in [4.69, 9.17) is 16.3 Å². The van der Waals surface area contributed by atoms with Crippen LogP contribution in [0.3, 0.4) is 0 Å². The van der Waals surface area contributed by atoms with Gasteiger partial charge >= 0.3 is 0 Å². The number of halogens is 1. The van der Waals surface area contributed by atoms with Gasteiger partial charge in [-0.25, -0.2) is 9.97 Å². The lowest BCUT2D eigenvalue weighted by atomic mass is 9.88. The Bertz CT molecular complexity index is 2250. The third kappa shape index (κ3) is 10.0. The molecule has 0 radical (unpaired) electrons. The van der Waals surface area contributed by atoms with Crippen LogP contribution in [0.5, 0.6) is 5.75 Å². The monoisotopic (exact) mass is 763 g/mol. The number of pyridine rings is 1. The van der Waals surface area contributed by atoms with Gasteiger partial charge in [0, 0.05) is 49.1 Å². The van der Waals surface area contributed by atoms with Gasteiger partial charge in [-0.15, -0.1) is 0 Å². The van der Waals surface area contributed by atoms with Crippen LogP contribution >= 0.6 is 11.6 Å². The van der Waals surface area contributed by atoms with Crippen LogP contribution in [0, 0.1) is 17.2 Å². The van der Waals surface area contributed by atoms with Gasteiger partial charge < -0.3 is 25.0 Å². The van der Waals surface area contributed by atoms with Crippen molar-refractivity contribution in [1.82, 2.24) is 29.7 Å². The fraction of sp³-hybridized carbons (Fsp3) is 0.381. The number of aromatic nitrogens is 3. The number of ether oxygens (including phenoxy) is 1. The topological polar surface area (TPSA) is 154 Å². The lowest BCUT2D eigenvalue weighted by Gasteiger charge is -2.39. The average molecular weight is 764 g/mol. The molecule has 2 aromatic heterocycles. The fourth-order valence-electron chi connectivity index (χ4n) is 7.04. The van der Waals surface area contributed by atoms with Gasteiger partial charge in [0.1, 0.15) is 17.5 Å². The highest BCUT2D eigenvalue weighted by atomic mass is 35.5. The lowest BCUT2D eigenvalue weighted by molar-refractivity contribution is -0.140. The van der Waals surface area contributed by atoms with Gasteiger partial charge in [0.15, 0.2) is 0 Å². The molecule has 0 aliphatic carbocycles. The van der Waals surface area contributed by atoms with Crippen LogP contribution in [0.1, 0.15) is 53.7 Å². The molecule has 3 heterocycles. The third-order valence-electron chi connectivity index (χ3n) is 10.1. The molecule has 1 saturated heterocycles. The summed E-state index contributed by atoms with van der Waals surface area (Å²) < 4.78 is 7.30.